The van der Waals surface area contributed by atoms with Crippen molar-refractivity contribution in [1.82, 2.24) is 10.0 Å². The average Bonchev–Trinajstić information content (AvgIpc) is 3.01. The Bertz CT molecular complexity index is 942. The van der Waals surface area contributed by atoms with Crippen LogP contribution in [0, 0.1) is 5.82 Å². The maximum Gasteiger partial charge on any atom is 0.267 e. The molecule has 6 nitrogen and oxygen atoms in total. The summed E-state index contributed by atoms with van der Waals surface area (Å²) in [4.78, 5) is 23.4. The van der Waals surface area contributed by atoms with Crippen LogP contribution >= 0.6 is 0 Å². The van der Waals surface area contributed by atoms with E-state index in [2.05, 4.69) is 5.32 Å². The first-order valence-electron chi connectivity index (χ1n) is 9.03. The maximum atomic E-state index is 14.2. The largest absolute Gasteiger partial charge is 0.380 e. The van der Waals surface area contributed by atoms with Crippen LogP contribution < -0.4 is 10.8 Å². The fraction of sp³-hybridized carbons (Fsp3) is 0.238. The van der Waals surface area contributed by atoms with Crippen LogP contribution in [0.5, 0.6) is 0 Å². The van der Waals surface area contributed by atoms with Crippen molar-refractivity contribution < 1.29 is 19.2 Å². The quantitative estimate of drug-likeness (QED) is 0.296. The number of aryl methyl sites for hydroxylation is 1. The number of carbonyl (C=O) groups is 2. The molecule has 0 aliphatic heterocycles. The van der Waals surface area contributed by atoms with Gasteiger partial charge in [0, 0.05) is 36.6 Å². The van der Waals surface area contributed by atoms with Crippen molar-refractivity contribution in [3.05, 3.63) is 65.3 Å². The standard InChI is InChI=1S/C21H22FN3O3/c1-25-13-14(11-17(25)7-10-21(27)24-28)5-9-20(26)15-6-8-19(18(22)12-15)23-16-3-2-4-16/h5-13,16,23,28H,2-4H2,1H3,(H,24,27)/b9-5+,10-7+. The van der Waals surface area contributed by atoms with E-state index in [0.29, 0.717) is 17.4 Å². The predicted octanol–water partition coefficient (Wildman–Crippen LogP) is 3.54. The normalized spacial score (nSPS) is 14.4. The molecule has 0 saturated heterocycles. The van der Waals surface area contributed by atoms with Crippen molar-refractivity contribution in [3.63, 3.8) is 0 Å². The second-order valence-electron chi connectivity index (χ2n) is 6.78. The summed E-state index contributed by atoms with van der Waals surface area (Å²) < 4.78 is 16.0. The Morgan fingerprint density at radius 3 is 2.64 bits per heavy atom. The Hall–Kier alpha value is -3.19. The molecule has 1 aliphatic rings. The summed E-state index contributed by atoms with van der Waals surface area (Å²) in [5.74, 6) is -1.36. The van der Waals surface area contributed by atoms with E-state index in [0.717, 1.165) is 24.8 Å². The number of carbonyl (C=O) groups excluding carboxylic acids is 2. The predicted molar refractivity (Wildman–Crippen MR) is 105 cm³/mol. The van der Waals surface area contributed by atoms with Gasteiger partial charge in [-0.3, -0.25) is 14.8 Å². The van der Waals surface area contributed by atoms with Crippen LogP contribution in [0.3, 0.4) is 0 Å². The van der Waals surface area contributed by atoms with E-state index in [4.69, 9.17) is 5.21 Å². The number of anilines is 1. The van der Waals surface area contributed by atoms with Gasteiger partial charge < -0.3 is 9.88 Å². The van der Waals surface area contributed by atoms with Crippen LogP contribution in [-0.4, -0.2) is 27.5 Å². The Kier molecular flexibility index (Phi) is 6.06. The molecule has 1 aromatic heterocycles. The molecule has 0 bridgehead atoms. The molecule has 1 aliphatic carbocycles. The van der Waals surface area contributed by atoms with Crippen LogP contribution in [-0.2, 0) is 11.8 Å². The molecular formula is C21H22FN3O3. The lowest BCUT2D eigenvalue weighted by molar-refractivity contribution is -0.124. The molecule has 1 aromatic carbocycles. The highest BCUT2D eigenvalue weighted by molar-refractivity contribution is 6.07. The van der Waals surface area contributed by atoms with Crippen molar-refractivity contribution in [1.29, 1.82) is 0 Å². The highest BCUT2D eigenvalue weighted by atomic mass is 19.1. The molecule has 0 spiro atoms. The molecule has 1 amide bonds. The van der Waals surface area contributed by atoms with Crippen molar-refractivity contribution in [2.24, 2.45) is 7.05 Å². The summed E-state index contributed by atoms with van der Waals surface area (Å²) in [6.45, 7) is 0. The van der Waals surface area contributed by atoms with Gasteiger partial charge in [0.15, 0.2) is 5.78 Å². The van der Waals surface area contributed by atoms with Gasteiger partial charge in [-0.15, -0.1) is 0 Å². The molecule has 7 heteroatoms. The van der Waals surface area contributed by atoms with Gasteiger partial charge in [0.25, 0.3) is 5.91 Å². The van der Waals surface area contributed by atoms with Crippen LogP contribution in [0.15, 0.2) is 42.6 Å². The Balaban J connectivity index is 1.67. The summed E-state index contributed by atoms with van der Waals surface area (Å²) in [6.07, 6.45) is 10.8. The number of allylic oxidation sites excluding steroid dienone is 1. The van der Waals surface area contributed by atoms with Gasteiger partial charge in [-0.1, -0.05) is 0 Å². The monoisotopic (exact) mass is 383 g/mol. The number of ketones is 1. The lowest BCUT2D eigenvalue weighted by Crippen LogP contribution is -2.27. The number of hydroxylamine groups is 1. The van der Waals surface area contributed by atoms with Gasteiger partial charge in [0.2, 0.25) is 0 Å². The summed E-state index contributed by atoms with van der Waals surface area (Å²) in [6, 6.07) is 6.56. The minimum atomic E-state index is -0.634. The Morgan fingerprint density at radius 2 is 2.00 bits per heavy atom. The van der Waals surface area contributed by atoms with Crippen LogP contribution in [0.2, 0.25) is 0 Å². The molecule has 0 radical (unpaired) electrons. The SMILES string of the molecule is Cn1cc(/C=C/C(=O)c2ccc(NC3CCC3)c(F)c2)cc1/C=C/C(=O)NO. The van der Waals surface area contributed by atoms with Crippen molar-refractivity contribution >= 4 is 29.5 Å². The van der Waals surface area contributed by atoms with E-state index < -0.39 is 11.7 Å². The van der Waals surface area contributed by atoms with Gasteiger partial charge in [0.05, 0.1) is 5.69 Å². The van der Waals surface area contributed by atoms with E-state index in [-0.39, 0.29) is 11.3 Å². The topological polar surface area (TPSA) is 83.4 Å². The maximum absolute atomic E-state index is 14.2. The first-order chi connectivity index (χ1) is 13.5. The lowest BCUT2D eigenvalue weighted by Gasteiger charge is -2.27. The number of benzene rings is 1. The zero-order valence-electron chi connectivity index (χ0n) is 15.5. The average molecular weight is 383 g/mol. The zero-order valence-corrected chi connectivity index (χ0v) is 15.5. The molecule has 0 atom stereocenters. The number of nitrogens with one attached hydrogen (secondary N) is 2. The van der Waals surface area contributed by atoms with E-state index in [9.17, 15) is 14.0 Å². The van der Waals surface area contributed by atoms with Crippen molar-refractivity contribution in [3.8, 4) is 0 Å². The molecule has 3 N–H and O–H groups in total. The molecule has 0 unspecified atom stereocenters. The van der Waals surface area contributed by atoms with Gasteiger partial charge in [-0.05, 0) is 67.3 Å². The third kappa shape index (κ3) is 4.75. The van der Waals surface area contributed by atoms with Gasteiger partial charge in [-0.25, -0.2) is 9.87 Å². The van der Waals surface area contributed by atoms with Gasteiger partial charge >= 0.3 is 0 Å². The molecule has 1 fully saturated rings. The summed E-state index contributed by atoms with van der Waals surface area (Å²) >= 11 is 0. The second kappa shape index (κ2) is 8.67. The Labute approximate surface area is 162 Å². The van der Waals surface area contributed by atoms with Crippen LogP contribution in [0.1, 0.15) is 40.9 Å². The highest BCUT2D eigenvalue weighted by Crippen LogP contribution is 2.25. The number of hydrogen-bond donors (Lipinski definition) is 3. The highest BCUT2D eigenvalue weighted by Gasteiger charge is 2.18. The number of hydrogen-bond acceptors (Lipinski definition) is 4. The number of nitrogens with zero attached hydrogens (tertiary/aromatic N) is 1. The van der Waals surface area contributed by atoms with E-state index in [1.165, 1.54) is 29.8 Å². The number of aromatic nitrogens is 1. The lowest BCUT2D eigenvalue weighted by atomic mass is 9.93. The number of halogens is 1. The van der Waals surface area contributed by atoms with Gasteiger partial charge in [-0.2, -0.15) is 0 Å². The second-order valence-corrected chi connectivity index (χ2v) is 6.78. The van der Waals surface area contributed by atoms with Gasteiger partial charge in [0.1, 0.15) is 5.82 Å². The van der Waals surface area contributed by atoms with Crippen molar-refractivity contribution in [2.45, 2.75) is 25.3 Å². The fourth-order valence-corrected chi connectivity index (χ4v) is 2.89. The van der Waals surface area contributed by atoms with E-state index in [1.54, 1.807) is 42.1 Å². The number of amides is 1. The molecule has 2 aromatic rings. The van der Waals surface area contributed by atoms with Crippen molar-refractivity contribution in [2.75, 3.05) is 5.32 Å². The first-order valence-corrected chi connectivity index (χ1v) is 9.03. The number of rotatable bonds is 7. The minimum Gasteiger partial charge on any atom is -0.380 e. The molecule has 1 saturated carbocycles. The molecule has 1 heterocycles. The third-order valence-electron chi connectivity index (χ3n) is 4.73. The van der Waals surface area contributed by atoms with E-state index >= 15 is 0 Å². The smallest absolute Gasteiger partial charge is 0.267 e. The summed E-state index contributed by atoms with van der Waals surface area (Å²) in [7, 11) is 1.79. The summed E-state index contributed by atoms with van der Waals surface area (Å²) in [5, 5.41) is 11.6. The minimum absolute atomic E-state index is 0.281. The fourth-order valence-electron chi connectivity index (χ4n) is 2.89. The van der Waals surface area contributed by atoms with E-state index in [1.807, 2.05) is 0 Å². The molecule has 3 rings (SSSR count). The van der Waals surface area contributed by atoms with Crippen LogP contribution in [0.25, 0.3) is 12.2 Å². The first kappa shape index (κ1) is 19.6. The summed E-state index contributed by atoms with van der Waals surface area (Å²) in [5.41, 5.74) is 3.69. The van der Waals surface area contributed by atoms with Crippen LogP contribution in [0.4, 0.5) is 10.1 Å². The Morgan fingerprint density at radius 1 is 1.21 bits per heavy atom. The molecular weight excluding hydrogens is 361 g/mol. The third-order valence-corrected chi connectivity index (χ3v) is 4.73. The zero-order chi connectivity index (χ0) is 20.1. The molecule has 146 valence electrons. The molecule has 28 heavy (non-hydrogen) atoms.